The number of carbonyl (C=O) groups excluding carboxylic acids is 3. The predicted octanol–water partition coefficient (Wildman–Crippen LogP) is 3.08. The number of carbonyl (C=O) groups is 3. The van der Waals surface area contributed by atoms with Gasteiger partial charge in [0.05, 0.1) is 6.10 Å². The fraction of sp³-hybridized carbons (Fsp3) is 0.690. The van der Waals surface area contributed by atoms with Crippen molar-refractivity contribution in [2.75, 3.05) is 26.2 Å². The quantitative estimate of drug-likeness (QED) is 0.369. The molecule has 4 fully saturated rings. The summed E-state index contributed by atoms with van der Waals surface area (Å²) in [6.45, 7) is 2.93. The maximum absolute atomic E-state index is 12.9. The van der Waals surface area contributed by atoms with Gasteiger partial charge in [-0.3, -0.25) is 19.4 Å². The molecule has 2 aliphatic heterocycles. The standard InChI is InChI=1S/C29H42N4O4/c34-24-13-17-28(22-9-2-1-3-10-22,16-12-23(24)32-18-6-7-19-32)21-30-25(35)11-8-20-33-26(36)29(31-27(33)37)14-4-5-15-29/h1-3,9-10,23-24,34H,4-8,11-21H2,(H,30,35)(H,31,37)/t23-,24-,28-/m0/s1. The Balaban J connectivity index is 1.18. The molecule has 2 heterocycles. The minimum atomic E-state index is -0.696. The number of nitrogens with one attached hydrogen (secondary N) is 2. The molecular weight excluding hydrogens is 468 g/mol. The molecule has 8 nitrogen and oxygen atoms in total. The first kappa shape index (κ1) is 26.2. The van der Waals surface area contributed by atoms with E-state index in [1.54, 1.807) is 0 Å². The van der Waals surface area contributed by atoms with E-state index in [1.807, 2.05) is 18.2 Å². The number of urea groups is 1. The van der Waals surface area contributed by atoms with Gasteiger partial charge in [-0.1, -0.05) is 43.2 Å². The molecule has 8 heteroatoms. The maximum atomic E-state index is 12.9. The fourth-order valence-electron chi connectivity index (χ4n) is 7.17. The van der Waals surface area contributed by atoms with Gasteiger partial charge in [0.1, 0.15) is 5.54 Å². The highest BCUT2D eigenvalue weighted by Crippen LogP contribution is 2.40. The Morgan fingerprint density at radius 3 is 2.43 bits per heavy atom. The molecule has 4 aliphatic rings. The zero-order chi connectivity index (χ0) is 25.9. The number of hydrogen-bond acceptors (Lipinski definition) is 5. The average molecular weight is 511 g/mol. The molecule has 1 spiro atoms. The Bertz CT molecular complexity index is 973. The van der Waals surface area contributed by atoms with Crippen LogP contribution in [0.2, 0.25) is 0 Å². The van der Waals surface area contributed by atoms with E-state index in [1.165, 1.54) is 23.3 Å². The Kier molecular flexibility index (Phi) is 7.86. The van der Waals surface area contributed by atoms with Crippen LogP contribution < -0.4 is 10.6 Å². The number of amides is 4. The van der Waals surface area contributed by atoms with Gasteiger partial charge in [0.2, 0.25) is 5.91 Å². The summed E-state index contributed by atoms with van der Waals surface area (Å²) in [5.41, 5.74) is 0.301. The highest BCUT2D eigenvalue weighted by molar-refractivity contribution is 6.07. The van der Waals surface area contributed by atoms with E-state index < -0.39 is 5.54 Å². The van der Waals surface area contributed by atoms with Crippen molar-refractivity contribution in [3.05, 3.63) is 35.9 Å². The summed E-state index contributed by atoms with van der Waals surface area (Å²) >= 11 is 0. The molecule has 1 aromatic carbocycles. The van der Waals surface area contributed by atoms with Gasteiger partial charge < -0.3 is 15.7 Å². The van der Waals surface area contributed by atoms with Gasteiger partial charge in [-0.25, -0.2) is 4.79 Å². The molecule has 5 rings (SSSR count). The highest BCUT2D eigenvalue weighted by Gasteiger charge is 2.52. The van der Waals surface area contributed by atoms with E-state index >= 15 is 0 Å². The average Bonchev–Trinajstić information content (AvgIpc) is 3.63. The van der Waals surface area contributed by atoms with E-state index in [4.69, 9.17) is 0 Å². The molecular formula is C29H42N4O4. The second kappa shape index (κ2) is 11.1. The number of benzene rings is 1. The molecule has 4 amide bonds. The predicted molar refractivity (Wildman–Crippen MR) is 141 cm³/mol. The number of hydrogen-bond donors (Lipinski definition) is 3. The van der Waals surface area contributed by atoms with Gasteiger partial charge in [0, 0.05) is 31.0 Å². The SMILES string of the molecule is O=C(CCCN1C(=O)NC2(CCCC2)C1=O)NC[C@@]1(c2ccccc2)CC[C@H](O)[C@@H](N2CCCC2)CC1. The molecule has 2 saturated heterocycles. The van der Waals surface area contributed by atoms with Gasteiger partial charge >= 0.3 is 6.03 Å². The molecule has 202 valence electrons. The second-order valence-corrected chi connectivity index (χ2v) is 11.7. The van der Waals surface area contributed by atoms with Crippen LogP contribution in [-0.2, 0) is 15.0 Å². The first-order valence-corrected chi connectivity index (χ1v) is 14.3. The number of aliphatic hydroxyl groups excluding tert-OH is 1. The minimum absolute atomic E-state index is 0.0566. The third-order valence-corrected chi connectivity index (χ3v) is 9.39. The van der Waals surface area contributed by atoms with Gasteiger partial charge in [0.25, 0.3) is 5.91 Å². The number of nitrogens with zero attached hydrogens (tertiary/aromatic N) is 2. The normalized spacial score (nSPS) is 30.0. The number of likely N-dealkylation sites (tertiary alicyclic amines) is 1. The van der Waals surface area contributed by atoms with Crippen LogP contribution in [-0.4, -0.2) is 76.6 Å². The van der Waals surface area contributed by atoms with Crippen LogP contribution in [0, 0.1) is 0 Å². The molecule has 3 atom stereocenters. The van der Waals surface area contributed by atoms with Crippen LogP contribution in [0.25, 0.3) is 0 Å². The molecule has 2 saturated carbocycles. The van der Waals surface area contributed by atoms with Crippen LogP contribution in [0.5, 0.6) is 0 Å². The third-order valence-electron chi connectivity index (χ3n) is 9.39. The molecule has 0 aromatic heterocycles. The first-order chi connectivity index (χ1) is 17.9. The fourth-order valence-corrected chi connectivity index (χ4v) is 7.17. The Labute approximate surface area is 220 Å². The van der Waals surface area contributed by atoms with E-state index in [-0.39, 0.29) is 48.4 Å². The molecule has 0 unspecified atom stereocenters. The monoisotopic (exact) mass is 510 g/mol. The van der Waals surface area contributed by atoms with Crippen LogP contribution in [0.15, 0.2) is 30.3 Å². The second-order valence-electron chi connectivity index (χ2n) is 11.7. The van der Waals surface area contributed by atoms with Gasteiger partial charge in [-0.05, 0) is 76.4 Å². The van der Waals surface area contributed by atoms with Crippen LogP contribution in [0.3, 0.4) is 0 Å². The molecule has 0 radical (unpaired) electrons. The first-order valence-electron chi connectivity index (χ1n) is 14.3. The van der Waals surface area contributed by atoms with Crippen molar-refractivity contribution in [3.8, 4) is 0 Å². The topological polar surface area (TPSA) is 102 Å². The van der Waals surface area contributed by atoms with Crippen molar-refractivity contribution in [2.24, 2.45) is 0 Å². The van der Waals surface area contributed by atoms with Crippen LogP contribution in [0.4, 0.5) is 4.79 Å². The van der Waals surface area contributed by atoms with Crippen LogP contribution in [0.1, 0.15) is 82.6 Å². The zero-order valence-corrected chi connectivity index (χ0v) is 21.9. The van der Waals surface area contributed by atoms with E-state index in [0.717, 1.165) is 51.6 Å². The third kappa shape index (κ3) is 5.41. The van der Waals surface area contributed by atoms with Gasteiger partial charge in [-0.2, -0.15) is 0 Å². The number of aliphatic hydroxyl groups is 1. The highest BCUT2D eigenvalue weighted by atomic mass is 16.3. The molecule has 37 heavy (non-hydrogen) atoms. The maximum Gasteiger partial charge on any atom is 0.325 e. The summed E-state index contributed by atoms with van der Waals surface area (Å²) in [4.78, 5) is 41.9. The van der Waals surface area contributed by atoms with E-state index in [0.29, 0.717) is 25.8 Å². The lowest BCUT2D eigenvalue weighted by Crippen LogP contribution is -2.44. The summed E-state index contributed by atoms with van der Waals surface area (Å²) in [6.07, 6.45) is 9.52. The lowest BCUT2D eigenvalue weighted by Gasteiger charge is -2.34. The largest absolute Gasteiger partial charge is 0.391 e. The number of imide groups is 1. The lowest BCUT2D eigenvalue weighted by molar-refractivity contribution is -0.131. The Morgan fingerprint density at radius 1 is 1.00 bits per heavy atom. The van der Waals surface area contributed by atoms with E-state index in [9.17, 15) is 19.5 Å². The van der Waals surface area contributed by atoms with Crippen LogP contribution >= 0.6 is 0 Å². The Hall–Kier alpha value is -2.45. The molecule has 1 aromatic rings. The lowest BCUT2D eigenvalue weighted by atomic mass is 9.74. The van der Waals surface area contributed by atoms with Gasteiger partial charge in [-0.15, -0.1) is 0 Å². The zero-order valence-electron chi connectivity index (χ0n) is 21.9. The summed E-state index contributed by atoms with van der Waals surface area (Å²) in [5, 5.41) is 17.1. The van der Waals surface area contributed by atoms with Crippen molar-refractivity contribution in [3.63, 3.8) is 0 Å². The van der Waals surface area contributed by atoms with Gasteiger partial charge in [0.15, 0.2) is 0 Å². The number of rotatable bonds is 8. The summed E-state index contributed by atoms with van der Waals surface area (Å²) in [6, 6.07) is 10.3. The minimum Gasteiger partial charge on any atom is -0.391 e. The van der Waals surface area contributed by atoms with Crippen molar-refractivity contribution >= 4 is 17.8 Å². The Morgan fingerprint density at radius 2 is 1.70 bits per heavy atom. The van der Waals surface area contributed by atoms with E-state index in [2.05, 4.69) is 27.7 Å². The van der Waals surface area contributed by atoms with Crippen molar-refractivity contribution in [2.45, 2.75) is 100 Å². The summed E-state index contributed by atoms with van der Waals surface area (Å²) in [5.74, 6) is -0.179. The van der Waals surface area contributed by atoms with Crippen molar-refractivity contribution in [1.29, 1.82) is 0 Å². The molecule has 0 bridgehead atoms. The molecule has 2 aliphatic carbocycles. The smallest absolute Gasteiger partial charge is 0.325 e. The van der Waals surface area contributed by atoms with Crippen molar-refractivity contribution in [1.82, 2.24) is 20.4 Å². The summed E-state index contributed by atoms with van der Waals surface area (Å²) < 4.78 is 0. The summed E-state index contributed by atoms with van der Waals surface area (Å²) in [7, 11) is 0. The molecule has 3 N–H and O–H groups in total. The van der Waals surface area contributed by atoms with Crippen molar-refractivity contribution < 1.29 is 19.5 Å².